The minimum atomic E-state index is -0.456. The van der Waals surface area contributed by atoms with Gasteiger partial charge in [0.1, 0.15) is 12.4 Å². The molecule has 4 nitrogen and oxygen atoms in total. The second-order valence-electron chi connectivity index (χ2n) is 4.41. The Balaban J connectivity index is 2.28. The van der Waals surface area contributed by atoms with E-state index >= 15 is 0 Å². The second-order valence-corrected chi connectivity index (χ2v) is 4.41. The van der Waals surface area contributed by atoms with Gasteiger partial charge in [0.2, 0.25) is 0 Å². The van der Waals surface area contributed by atoms with Crippen LogP contribution in [-0.2, 0) is 4.74 Å². The van der Waals surface area contributed by atoms with Crippen LogP contribution in [0.2, 0.25) is 0 Å². The van der Waals surface area contributed by atoms with Gasteiger partial charge in [0.05, 0.1) is 12.2 Å². The Morgan fingerprint density at radius 3 is 3.05 bits per heavy atom. The lowest BCUT2D eigenvalue weighted by Crippen LogP contribution is -2.33. The topological polar surface area (TPSA) is 49.8 Å². The highest BCUT2D eigenvalue weighted by Crippen LogP contribution is 2.14. The first kappa shape index (κ1) is 14.5. The maximum atomic E-state index is 13.3. The molecule has 1 aliphatic heterocycles. The molecule has 0 radical (unpaired) electrons. The van der Waals surface area contributed by atoms with E-state index in [-0.39, 0.29) is 12.5 Å². The zero-order valence-corrected chi connectivity index (χ0v) is 11.1. The van der Waals surface area contributed by atoms with Crippen molar-refractivity contribution in [3.8, 4) is 11.8 Å². The van der Waals surface area contributed by atoms with Crippen LogP contribution in [0.5, 0.6) is 0 Å². The molecule has 0 bridgehead atoms. The van der Waals surface area contributed by atoms with Crippen LogP contribution in [0.15, 0.2) is 18.2 Å². The number of aliphatic hydroxyl groups excluding tert-OH is 1. The molecule has 1 fully saturated rings. The number of halogens is 1. The second kappa shape index (κ2) is 7.04. The molecule has 0 saturated carbocycles. The third-order valence-corrected chi connectivity index (χ3v) is 3.02. The van der Waals surface area contributed by atoms with Gasteiger partial charge in [-0.05, 0) is 24.6 Å². The predicted octanol–water partition coefficient (Wildman–Crippen LogP) is 1.03. The summed E-state index contributed by atoms with van der Waals surface area (Å²) in [4.78, 5) is 14.2. The van der Waals surface area contributed by atoms with Crippen molar-refractivity contribution in [2.24, 2.45) is 0 Å². The summed E-state index contributed by atoms with van der Waals surface area (Å²) in [6.07, 6.45) is 0.782. The number of amides is 1. The van der Waals surface area contributed by atoms with Crippen molar-refractivity contribution in [3.05, 3.63) is 35.1 Å². The zero-order chi connectivity index (χ0) is 14.4. The summed E-state index contributed by atoms with van der Waals surface area (Å²) >= 11 is 0. The van der Waals surface area contributed by atoms with Crippen molar-refractivity contribution in [2.45, 2.75) is 6.42 Å². The Hall–Kier alpha value is -1.90. The summed E-state index contributed by atoms with van der Waals surface area (Å²) in [5.41, 5.74) is 0.656. The highest BCUT2D eigenvalue weighted by atomic mass is 19.1. The summed E-state index contributed by atoms with van der Waals surface area (Å²) in [6, 6.07) is 3.89. The van der Waals surface area contributed by atoms with E-state index in [9.17, 15) is 9.18 Å². The molecule has 1 saturated heterocycles. The van der Waals surface area contributed by atoms with E-state index in [0.717, 1.165) is 6.42 Å². The number of carbonyl (C=O) groups excluding carboxylic acids is 1. The highest BCUT2D eigenvalue weighted by Gasteiger charge is 2.20. The summed E-state index contributed by atoms with van der Waals surface area (Å²) < 4.78 is 18.6. The van der Waals surface area contributed by atoms with Gasteiger partial charge in [-0.15, -0.1) is 0 Å². The van der Waals surface area contributed by atoms with E-state index in [0.29, 0.717) is 37.4 Å². The number of nitrogens with zero attached hydrogens (tertiary/aromatic N) is 1. The van der Waals surface area contributed by atoms with Gasteiger partial charge < -0.3 is 14.7 Å². The summed E-state index contributed by atoms with van der Waals surface area (Å²) in [5.74, 6) is 4.43. The number of rotatable bonds is 1. The summed E-state index contributed by atoms with van der Waals surface area (Å²) in [5, 5.41) is 8.73. The Kier molecular flexibility index (Phi) is 5.10. The molecule has 1 heterocycles. The third kappa shape index (κ3) is 3.56. The van der Waals surface area contributed by atoms with Crippen molar-refractivity contribution in [1.82, 2.24) is 4.90 Å². The van der Waals surface area contributed by atoms with E-state index in [4.69, 9.17) is 9.84 Å². The smallest absolute Gasteiger partial charge is 0.255 e. The van der Waals surface area contributed by atoms with Crippen LogP contribution in [0.1, 0.15) is 22.3 Å². The van der Waals surface area contributed by atoms with Crippen LogP contribution >= 0.6 is 0 Å². The van der Waals surface area contributed by atoms with Crippen molar-refractivity contribution in [1.29, 1.82) is 0 Å². The molecular weight excluding hydrogens is 261 g/mol. The lowest BCUT2D eigenvalue weighted by Gasteiger charge is -2.20. The van der Waals surface area contributed by atoms with Crippen LogP contribution in [0, 0.1) is 17.7 Å². The quantitative estimate of drug-likeness (QED) is 0.780. The normalized spacial score (nSPS) is 15.2. The molecule has 0 atom stereocenters. The number of hydrogen-bond acceptors (Lipinski definition) is 3. The molecule has 0 unspecified atom stereocenters. The van der Waals surface area contributed by atoms with Crippen LogP contribution in [-0.4, -0.2) is 48.8 Å². The maximum Gasteiger partial charge on any atom is 0.255 e. The van der Waals surface area contributed by atoms with Gasteiger partial charge >= 0.3 is 0 Å². The molecule has 1 amide bonds. The van der Waals surface area contributed by atoms with Gasteiger partial charge in [-0.2, -0.15) is 0 Å². The summed E-state index contributed by atoms with van der Waals surface area (Å²) in [7, 11) is 0. The molecule has 1 aromatic rings. The lowest BCUT2D eigenvalue weighted by atomic mass is 10.1. The largest absolute Gasteiger partial charge is 0.384 e. The van der Waals surface area contributed by atoms with Crippen LogP contribution in [0.25, 0.3) is 0 Å². The maximum absolute atomic E-state index is 13.3. The van der Waals surface area contributed by atoms with E-state index in [1.54, 1.807) is 4.90 Å². The van der Waals surface area contributed by atoms with Crippen molar-refractivity contribution < 1.29 is 19.0 Å². The van der Waals surface area contributed by atoms with Gasteiger partial charge in [-0.1, -0.05) is 11.8 Å². The number of carbonyl (C=O) groups is 1. The average Bonchev–Trinajstić information content (AvgIpc) is 2.73. The number of aliphatic hydroxyl groups is 1. The summed E-state index contributed by atoms with van der Waals surface area (Å²) in [6.45, 7) is 1.95. The van der Waals surface area contributed by atoms with Gasteiger partial charge in [-0.25, -0.2) is 4.39 Å². The molecule has 20 heavy (non-hydrogen) atoms. The first-order valence-corrected chi connectivity index (χ1v) is 6.48. The molecule has 0 spiro atoms. The van der Waals surface area contributed by atoms with E-state index in [1.165, 1.54) is 18.2 Å². The molecule has 0 aromatic heterocycles. The number of ether oxygens (including phenoxy) is 1. The third-order valence-electron chi connectivity index (χ3n) is 3.02. The lowest BCUT2D eigenvalue weighted by molar-refractivity contribution is 0.0741. The first-order valence-electron chi connectivity index (χ1n) is 6.48. The van der Waals surface area contributed by atoms with Crippen molar-refractivity contribution >= 4 is 5.91 Å². The van der Waals surface area contributed by atoms with Gasteiger partial charge in [0.15, 0.2) is 0 Å². The van der Waals surface area contributed by atoms with Crippen LogP contribution < -0.4 is 0 Å². The molecular formula is C15H16FNO3. The van der Waals surface area contributed by atoms with E-state index in [2.05, 4.69) is 11.8 Å². The molecule has 0 aliphatic carbocycles. The molecule has 1 N–H and O–H groups in total. The van der Waals surface area contributed by atoms with Crippen LogP contribution in [0.4, 0.5) is 4.39 Å². The van der Waals surface area contributed by atoms with Crippen molar-refractivity contribution in [2.75, 3.05) is 32.9 Å². The Bertz CT molecular complexity index is 540. The fourth-order valence-corrected chi connectivity index (χ4v) is 2.06. The number of hydrogen-bond donors (Lipinski definition) is 1. The standard InChI is InChI=1S/C15H16FNO3/c16-13-4-5-14(12(11-13)3-1-8-18)15(19)17-6-2-9-20-10-7-17/h4-5,11,18H,2,6-10H2. The Morgan fingerprint density at radius 1 is 1.40 bits per heavy atom. The monoisotopic (exact) mass is 277 g/mol. The minimum absolute atomic E-state index is 0.183. The van der Waals surface area contributed by atoms with Crippen molar-refractivity contribution in [3.63, 3.8) is 0 Å². The molecule has 1 aromatic carbocycles. The number of benzene rings is 1. The SMILES string of the molecule is O=C(c1ccc(F)cc1C#CCO)N1CCCOCC1. The molecule has 2 rings (SSSR count). The molecule has 1 aliphatic rings. The molecule has 5 heteroatoms. The van der Waals surface area contributed by atoms with Crippen LogP contribution in [0.3, 0.4) is 0 Å². The van der Waals surface area contributed by atoms with Gasteiger partial charge in [0, 0.05) is 25.3 Å². The average molecular weight is 277 g/mol. The van der Waals surface area contributed by atoms with E-state index < -0.39 is 5.82 Å². The Labute approximate surface area is 117 Å². The predicted molar refractivity (Wildman–Crippen MR) is 71.7 cm³/mol. The molecule has 106 valence electrons. The fourth-order valence-electron chi connectivity index (χ4n) is 2.06. The first-order chi connectivity index (χ1) is 9.72. The van der Waals surface area contributed by atoms with Gasteiger partial charge in [-0.3, -0.25) is 4.79 Å². The Morgan fingerprint density at radius 2 is 2.25 bits per heavy atom. The zero-order valence-electron chi connectivity index (χ0n) is 11.1. The fraction of sp³-hybridized carbons (Fsp3) is 0.400. The van der Waals surface area contributed by atoms with Gasteiger partial charge in [0.25, 0.3) is 5.91 Å². The minimum Gasteiger partial charge on any atom is -0.384 e. The van der Waals surface area contributed by atoms with E-state index in [1.807, 2.05) is 0 Å². The highest BCUT2D eigenvalue weighted by molar-refractivity contribution is 5.96.